The van der Waals surface area contributed by atoms with Crippen molar-refractivity contribution in [2.45, 2.75) is 6.54 Å². The van der Waals surface area contributed by atoms with Crippen LogP contribution in [0.25, 0.3) is 22.2 Å². The summed E-state index contributed by atoms with van der Waals surface area (Å²) in [5.74, 6) is -0.320. The van der Waals surface area contributed by atoms with Gasteiger partial charge in [-0.1, -0.05) is 29.8 Å². The molecule has 0 saturated carbocycles. The fourth-order valence-electron chi connectivity index (χ4n) is 3.07. The number of hydrogen-bond donors (Lipinski definition) is 1. The molecule has 0 radical (unpaired) electrons. The Bertz CT molecular complexity index is 1230. The molecule has 0 aliphatic rings. The lowest BCUT2D eigenvalue weighted by molar-refractivity contribution is -0.117. The molecule has 140 valence electrons. The number of carbonyl (C=O) groups is 1. The van der Waals surface area contributed by atoms with E-state index in [2.05, 4.69) is 10.4 Å². The monoisotopic (exact) mass is 392 g/mol. The van der Waals surface area contributed by atoms with Crippen LogP contribution in [0.15, 0.2) is 71.7 Å². The number of fused-ring (bicyclic) bond motifs is 1. The van der Waals surface area contributed by atoms with Gasteiger partial charge in [-0.2, -0.15) is 5.10 Å². The van der Waals surface area contributed by atoms with E-state index in [1.165, 1.54) is 6.07 Å². The zero-order chi connectivity index (χ0) is 19.7. The molecular formula is C21H17ClN4O2. The lowest BCUT2D eigenvalue weighted by Crippen LogP contribution is -2.29. The highest BCUT2D eigenvalue weighted by Crippen LogP contribution is 2.24. The lowest BCUT2D eigenvalue weighted by Gasteiger charge is -2.09. The van der Waals surface area contributed by atoms with Crippen molar-refractivity contribution in [2.24, 2.45) is 7.05 Å². The number of amides is 1. The minimum Gasteiger partial charge on any atom is -0.350 e. The van der Waals surface area contributed by atoms with E-state index in [9.17, 15) is 9.59 Å². The summed E-state index contributed by atoms with van der Waals surface area (Å²) in [5.41, 5.74) is 2.77. The Balaban J connectivity index is 1.58. The summed E-state index contributed by atoms with van der Waals surface area (Å²) in [4.78, 5) is 24.7. The highest BCUT2D eigenvalue weighted by molar-refractivity contribution is 6.30. The fraction of sp³-hybridized carbons (Fsp3) is 0.0952. The third kappa shape index (κ3) is 3.54. The molecule has 28 heavy (non-hydrogen) atoms. The van der Waals surface area contributed by atoms with Crippen molar-refractivity contribution in [3.63, 3.8) is 0 Å². The number of carbonyl (C=O) groups excluding carboxylic acids is 1. The number of anilines is 1. The van der Waals surface area contributed by atoms with Crippen LogP contribution in [0.3, 0.4) is 0 Å². The van der Waals surface area contributed by atoms with Crippen LogP contribution in [0, 0.1) is 0 Å². The summed E-state index contributed by atoms with van der Waals surface area (Å²) in [6.07, 6.45) is 1.93. The van der Waals surface area contributed by atoms with E-state index >= 15 is 0 Å². The van der Waals surface area contributed by atoms with Gasteiger partial charge in [0.15, 0.2) is 0 Å². The van der Waals surface area contributed by atoms with Crippen molar-refractivity contribution in [3.05, 3.63) is 82.2 Å². The maximum absolute atomic E-state index is 12.5. The van der Waals surface area contributed by atoms with Gasteiger partial charge in [-0.3, -0.25) is 9.59 Å². The first-order valence-corrected chi connectivity index (χ1v) is 9.07. The number of rotatable bonds is 4. The zero-order valence-electron chi connectivity index (χ0n) is 15.1. The minimum absolute atomic E-state index is 0.177. The molecule has 0 bridgehead atoms. The Morgan fingerprint density at radius 1 is 1.07 bits per heavy atom. The highest BCUT2D eigenvalue weighted by atomic mass is 35.5. The number of aromatic nitrogens is 3. The second-order valence-electron chi connectivity index (χ2n) is 6.43. The molecule has 2 heterocycles. The summed E-state index contributed by atoms with van der Waals surface area (Å²) in [5, 5.41) is 8.74. The topological polar surface area (TPSA) is 68.9 Å². The average molecular weight is 393 g/mol. The second kappa shape index (κ2) is 7.32. The van der Waals surface area contributed by atoms with Crippen LogP contribution in [-0.4, -0.2) is 20.3 Å². The van der Waals surface area contributed by atoms with Gasteiger partial charge in [0.25, 0.3) is 5.56 Å². The first-order valence-electron chi connectivity index (χ1n) is 8.69. The maximum Gasteiger partial charge on any atom is 0.267 e. The maximum atomic E-state index is 12.5. The standard InChI is InChI=1S/C21H17ClN4O2/c1-25-12-11-16-18(3-2-4-19(16)25)23-20(27)13-26-21(28)10-9-17(24-26)14-5-7-15(22)8-6-14/h2-12H,13H2,1H3,(H,23,27). The van der Waals surface area contributed by atoms with Crippen molar-refractivity contribution in [1.82, 2.24) is 14.3 Å². The molecule has 2 aromatic carbocycles. The SMILES string of the molecule is Cn1ccc2c(NC(=O)Cn3nc(-c4ccc(Cl)cc4)ccc3=O)cccc21. The zero-order valence-corrected chi connectivity index (χ0v) is 15.8. The molecule has 2 aromatic heterocycles. The first kappa shape index (κ1) is 18.0. The van der Waals surface area contributed by atoms with Gasteiger partial charge in [0.05, 0.1) is 11.4 Å². The second-order valence-corrected chi connectivity index (χ2v) is 6.87. The quantitative estimate of drug-likeness (QED) is 0.575. The molecule has 1 amide bonds. The lowest BCUT2D eigenvalue weighted by atomic mass is 10.1. The predicted molar refractivity (Wildman–Crippen MR) is 110 cm³/mol. The molecule has 0 spiro atoms. The molecule has 0 unspecified atom stereocenters. The Morgan fingerprint density at radius 3 is 2.64 bits per heavy atom. The number of halogens is 1. The summed E-state index contributed by atoms with van der Waals surface area (Å²) in [6, 6.07) is 17.8. The Hall–Kier alpha value is -3.38. The average Bonchev–Trinajstić information content (AvgIpc) is 3.06. The van der Waals surface area contributed by atoms with Crippen molar-refractivity contribution in [2.75, 3.05) is 5.32 Å². The summed E-state index contributed by atoms with van der Waals surface area (Å²) < 4.78 is 3.14. The molecule has 4 aromatic rings. The molecule has 7 heteroatoms. The van der Waals surface area contributed by atoms with Crippen molar-refractivity contribution < 1.29 is 4.79 Å². The number of nitrogens with one attached hydrogen (secondary N) is 1. The molecule has 4 rings (SSSR count). The third-order valence-electron chi connectivity index (χ3n) is 4.50. The Kier molecular flexibility index (Phi) is 4.71. The Morgan fingerprint density at radius 2 is 1.86 bits per heavy atom. The van der Waals surface area contributed by atoms with Crippen LogP contribution in [0.5, 0.6) is 0 Å². The van der Waals surface area contributed by atoms with E-state index in [0.29, 0.717) is 16.4 Å². The van der Waals surface area contributed by atoms with Crippen LogP contribution in [0.4, 0.5) is 5.69 Å². The number of nitrogens with zero attached hydrogens (tertiary/aromatic N) is 3. The van der Waals surface area contributed by atoms with E-state index in [1.54, 1.807) is 18.2 Å². The molecule has 0 atom stereocenters. The number of benzene rings is 2. The summed E-state index contributed by atoms with van der Waals surface area (Å²) in [7, 11) is 1.94. The smallest absolute Gasteiger partial charge is 0.267 e. The van der Waals surface area contributed by atoms with Crippen molar-refractivity contribution >= 4 is 34.1 Å². The van der Waals surface area contributed by atoms with Gasteiger partial charge < -0.3 is 9.88 Å². The van der Waals surface area contributed by atoms with Crippen LogP contribution in [0.2, 0.25) is 5.02 Å². The summed E-state index contributed by atoms with van der Waals surface area (Å²) >= 11 is 5.91. The van der Waals surface area contributed by atoms with Gasteiger partial charge in [-0.05, 0) is 36.4 Å². The van der Waals surface area contributed by atoms with E-state index in [1.807, 2.05) is 54.2 Å². The van der Waals surface area contributed by atoms with E-state index in [-0.39, 0.29) is 18.0 Å². The molecule has 0 saturated heterocycles. The van der Waals surface area contributed by atoms with Crippen LogP contribution in [0.1, 0.15) is 0 Å². The van der Waals surface area contributed by atoms with E-state index in [4.69, 9.17) is 11.6 Å². The van der Waals surface area contributed by atoms with Gasteiger partial charge in [-0.25, -0.2) is 4.68 Å². The number of hydrogen-bond acceptors (Lipinski definition) is 3. The number of aryl methyl sites for hydroxylation is 1. The molecule has 0 fully saturated rings. The molecule has 6 nitrogen and oxygen atoms in total. The van der Waals surface area contributed by atoms with Crippen molar-refractivity contribution in [3.8, 4) is 11.3 Å². The first-order chi connectivity index (χ1) is 13.5. The van der Waals surface area contributed by atoms with Gasteiger partial charge in [0.1, 0.15) is 6.54 Å². The van der Waals surface area contributed by atoms with Gasteiger partial charge in [0, 0.05) is 40.8 Å². The predicted octanol–water partition coefficient (Wildman–Crippen LogP) is 3.69. The van der Waals surface area contributed by atoms with Gasteiger partial charge in [-0.15, -0.1) is 0 Å². The van der Waals surface area contributed by atoms with Crippen LogP contribution >= 0.6 is 11.6 Å². The molecule has 0 aliphatic carbocycles. The van der Waals surface area contributed by atoms with Crippen molar-refractivity contribution in [1.29, 1.82) is 0 Å². The Labute approximate surface area is 166 Å². The largest absolute Gasteiger partial charge is 0.350 e. The minimum atomic E-state index is -0.342. The molecular weight excluding hydrogens is 376 g/mol. The van der Waals surface area contributed by atoms with Gasteiger partial charge in [0.2, 0.25) is 5.91 Å². The van der Waals surface area contributed by atoms with Gasteiger partial charge >= 0.3 is 0 Å². The fourth-order valence-corrected chi connectivity index (χ4v) is 3.20. The molecule has 1 N–H and O–H groups in total. The van der Waals surface area contributed by atoms with Crippen LogP contribution < -0.4 is 10.9 Å². The van der Waals surface area contributed by atoms with Crippen LogP contribution in [-0.2, 0) is 18.4 Å². The summed E-state index contributed by atoms with van der Waals surface area (Å²) in [6.45, 7) is -0.177. The van der Waals surface area contributed by atoms with E-state index in [0.717, 1.165) is 21.1 Å². The molecule has 0 aliphatic heterocycles. The normalized spacial score (nSPS) is 10.9. The third-order valence-corrected chi connectivity index (χ3v) is 4.75. The van der Waals surface area contributed by atoms with E-state index < -0.39 is 0 Å². The highest BCUT2D eigenvalue weighted by Gasteiger charge is 2.11.